The fourth-order valence-corrected chi connectivity index (χ4v) is 5.65. The van der Waals surface area contributed by atoms with E-state index in [-0.39, 0.29) is 27.0 Å². The van der Waals surface area contributed by atoms with E-state index in [1.165, 1.54) is 54.6 Å². The molecular formula is C29H28N2O7S2. The third-order valence-electron chi connectivity index (χ3n) is 6.19. The number of hydrogen-bond donors (Lipinski definition) is 2. The molecule has 0 atom stereocenters. The summed E-state index contributed by atoms with van der Waals surface area (Å²) in [5.74, 6) is 0.00987. The van der Waals surface area contributed by atoms with Gasteiger partial charge >= 0.3 is 26.3 Å². The molecule has 4 rings (SSSR count). The molecule has 40 heavy (non-hydrogen) atoms. The maximum atomic E-state index is 12.8. The van der Waals surface area contributed by atoms with E-state index in [0.29, 0.717) is 5.69 Å². The van der Waals surface area contributed by atoms with Crippen LogP contribution in [-0.2, 0) is 20.2 Å². The van der Waals surface area contributed by atoms with Crippen LogP contribution in [0.4, 0.5) is 16.2 Å². The molecule has 0 aliphatic carbocycles. The number of carbonyl (C=O) groups is 1. The summed E-state index contributed by atoms with van der Waals surface area (Å²) in [6.45, 7) is 7.37. The fourth-order valence-electron chi connectivity index (χ4n) is 3.60. The Bertz CT molecular complexity index is 1780. The highest BCUT2D eigenvalue weighted by Crippen LogP contribution is 2.28. The third-order valence-corrected chi connectivity index (χ3v) is 8.66. The van der Waals surface area contributed by atoms with Gasteiger partial charge in [-0.1, -0.05) is 24.3 Å². The Morgan fingerprint density at radius 3 is 1.68 bits per heavy atom. The summed E-state index contributed by atoms with van der Waals surface area (Å²) in [4.78, 5) is 12.7. The molecule has 0 spiro atoms. The second-order valence-corrected chi connectivity index (χ2v) is 12.3. The molecule has 0 radical (unpaired) electrons. The van der Waals surface area contributed by atoms with Crippen LogP contribution in [0, 0.1) is 27.7 Å². The number of benzene rings is 4. The van der Waals surface area contributed by atoms with Crippen molar-refractivity contribution in [3.63, 3.8) is 0 Å². The zero-order chi connectivity index (χ0) is 29.1. The van der Waals surface area contributed by atoms with Crippen molar-refractivity contribution in [1.82, 2.24) is 0 Å². The quantitative estimate of drug-likeness (QED) is 0.241. The molecule has 2 N–H and O–H groups in total. The summed E-state index contributed by atoms with van der Waals surface area (Å²) in [5, 5.41) is 5.17. The Kier molecular flexibility index (Phi) is 8.17. The van der Waals surface area contributed by atoms with E-state index in [4.69, 9.17) is 8.37 Å². The lowest BCUT2D eigenvalue weighted by molar-refractivity contribution is 0.262. The van der Waals surface area contributed by atoms with E-state index in [1.807, 2.05) is 20.8 Å². The standard InChI is InChI=1S/C29H28N2O7S2/c1-19-9-15-25(17-21(19)3)39(33,34)37-24-13-11-23(12-14-24)30-29(32)31-27-7-5-6-8-28(27)38-40(35,36)26-16-10-20(2)22(4)18-26/h5-18H,1-4H3,(H2,30,31,32). The van der Waals surface area contributed by atoms with Crippen LogP contribution in [0.2, 0.25) is 0 Å². The zero-order valence-electron chi connectivity index (χ0n) is 22.3. The molecular weight excluding hydrogens is 552 g/mol. The van der Waals surface area contributed by atoms with Gasteiger partial charge in [-0.15, -0.1) is 0 Å². The minimum absolute atomic E-state index is 0.00306. The van der Waals surface area contributed by atoms with Crippen LogP contribution in [0.5, 0.6) is 11.5 Å². The molecule has 0 saturated heterocycles. The van der Waals surface area contributed by atoms with Crippen LogP contribution in [0.25, 0.3) is 0 Å². The lowest BCUT2D eigenvalue weighted by atomic mass is 10.1. The number of para-hydroxylation sites is 2. The monoisotopic (exact) mass is 580 g/mol. The van der Waals surface area contributed by atoms with Gasteiger partial charge in [-0.2, -0.15) is 16.8 Å². The Morgan fingerprint density at radius 1 is 0.600 bits per heavy atom. The largest absolute Gasteiger partial charge is 0.379 e. The minimum atomic E-state index is -4.15. The third kappa shape index (κ3) is 6.80. The van der Waals surface area contributed by atoms with E-state index in [0.717, 1.165) is 22.3 Å². The predicted octanol–water partition coefficient (Wildman–Crippen LogP) is 6.10. The first-order valence-corrected chi connectivity index (χ1v) is 15.0. The number of nitrogens with one attached hydrogen (secondary N) is 2. The highest BCUT2D eigenvalue weighted by Gasteiger charge is 2.20. The van der Waals surface area contributed by atoms with Crippen LogP contribution in [0.3, 0.4) is 0 Å². The van der Waals surface area contributed by atoms with E-state index in [9.17, 15) is 21.6 Å². The fraction of sp³-hybridized carbons (Fsp3) is 0.138. The highest BCUT2D eigenvalue weighted by atomic mass is 32.2. The van der Waals surface area contributed by atoms with E-state index in [1.54, 1.807) is 37.3 Å². The Morgan fingerprint density at radius 2 is 1.12 bits per heavy atom. The average Bonchev–Trinajstić information content (AvgIpc) is 2.89. The molecule has 0 bridgehead atoms. The lowest BCUT2D eigenvalue weighted by Crippen LogP contribution is -2.20. The molecule has 0 aliphatic heterocycles. The zero-order valence-corrected chi connectivity index (χ0v) is 23.9. The van der Waals surface area contributed by atoms with Gasteiger partial charge in [-0.3, -0.25) is 0 Å². The molecule has 0 aliphatic rings. The van der Waals surface area contributed by atoms with Gasteiger partial charge in [-0.25, -0.2) is 4.79 Å². The first kappa shape index (κ1) is 28.7. The van der Waals surface area contributed by atoms with Gasteiger partial charge < -0.3 is 19.0 Å². The van der Waals surface area contributed by atoms with Crippen molar-refractivity contribution in [3.05, 3.63) is 107 Å². The van der Waals surface area contributed by atoms with Gasteiger partial charge in [0.15, 0.2) is 5.75 Å². The summed E-state index contributed by atoms with van der Waals surface area (Å²) in [5.41, 5.74) is 4.01. The van der Waals surface area contributed by atoms with Gasteiger partial charge in [0.25, 0.3) is 0 Å². The minimum Gasteiger partial charge on any atom is -0.379 e. The van der Waals surface area contributed by atoms with Gasteiger partial charge in [0, 0.05) is 5.69 Å². The van der Waals surface area contributed by atoms with Crippen LogP contribution in [0.15, 0.2) is 94.7 Å². The number of amides is 2. The summed E-state index contributed by atoms with van der Waals surface area (Å²) in [6.07, 6.45) is 0. The molecule has 0 fully saturated rings. The van der Waals surface area contributed by atoms with E-state index in [2.05, 4.69) is 10.6 Å². The van der Waals surface area contributed by atoms with Crippen molar-refractivity contribution in [2.24, 2.45) is 0 Å². The molecule has 9 nitrogen and oxygen atoms in total. The molecule has 0 saturated carbocycles. The maximum Gasteiger partial charge on any atom is 0.339 e. The summed E-state index contributed by atoms with van der Waals surface area (Å²) < 4.78 is 61.5. The van der Waals surface area contributed by atoms with E-state index < -0.39 is 26.3 Å². The van der Waals surface area contributed by atoms with Crippen molar-refractivity contribution < 1.29 is 30.0 Å². The maximum absolute atomic E-state index is 12.8. The topological polar surface area (TPSA) is 128 Å². The number of urea groups is 1. The van der Waals surface area contributed by atoms with Crippen molar-refractivity contribution in [1.29, 1.82) is 0 Å². The van der Waals surface area contributed by atoms with Gasteiger partial charge in [0.05, 0.1) is 5.69 Å². The normalized spacial score (nSPS) is 11.5. The second kappa shape index (κ2) is 11.4. The van der Waals surface area contributed by atoms with Crippen molar-refractivity contribution in [2.75, 3.05) is 10.6 Å². The van der Waals surface area contributed by atoms with Gasteiger partial charge in [0.2, 0.25) is 0 Å². The number of rotatable bonds is 8. The second-order valence-electron chi connectivity index (χ2n) is 9.17. The molecule has 0 aromatic heterocycles. The Labute approximate surface area is 234 Å². The van der Waals surface area contributed by atoms with Crippen molar-refractivity contribution in [3.8, 4) is 11.5 Å². The molecule has 2 amide bonds. The van der Waals surface area contributed by atoms with Crippen LogP contribution < -0.4 is 19.0 Å². The number of anilines is 2. The SMILES string of the molecule is Cc1ccc(S(=O)(=O)Oc2ccc(NC(=O)Nc3ccccc3OS(=O)(=O)c3ccc(C)c(C)c3)cc2)cc1C. The summed E-state index contributed by atoms with van der Waals surface area (Å²) in [7, 11) is -8.19. The smallest absolute Gasteiger partial charge is 0.339 e. The Balaban J connectivity index is 1.42. The molecule has 4 aromatic carbocycles. The first-order chi connectivity index (χ1) is 18.8. The first-order valence-electron chi connectivity index (χ1n) is 12.1. The van der Waals surface area contributed by atoms with E-state index >= 15 is 0 Å². The van der Waals surface area contributed by atoms with Gasteiger partial charge in [0.1, 0.15) is 15.5 Å². The molecule has 11 heteroatoms. The molecule has 0 heterocycles. The molecule has 0 unspecified atom stereocenters. The number of hydrogen-bond acceptors (Lipinski definition) is 7. The summed E-state index contributed by atoms with van der Waals surface area (Å²) in [6, 6.07) is 20.6. The van der Waals surface area contributed by atoms with Crippen LogP contribution in [-0.4, -0.2) is 22.9 Å². The number of aryl methyl sites for hydroxylation is 4. The van der Waals surface area contributed by atoms with Crippen molar-refractivity contribution >= 4 is 37.6 Å². The summed E-state index contributed by atoms with van der Waals surface area (Å²) >= 11 is 0. The number of carbonyl (C=O) groups excluding carboxylic acids is 1. The van der Waals surface area contributed by atoms with Crippen molar-refractivity contribution in [2.45, 2.75) is 37.5 Å². The molecule has 4 aromatic rings. The lowest BCUT2D eigenvalue weighted by Gasteiger charge is -2.14. The predicted molar refractivity (Wildman–Crippen MR) is 153 cm³/mol. The van der Waals surface area contributed by atoms with Crippen LogP contribution in [0.1, 0.15) is 22.3 Å². The van der Waals surface area contributed by atoms with Crippen LogP contribution >= 0.6 is 0 Å². The Hall–Kier alpha value is -4.35. The van der Waals surface area contributed by atoms with Gasteiger partial charge in [-0.05, 0) is 111 Å². The molecule has 208 valence electrons. The highest BCUT2D eigenvalue weighted by molar-refractivity contribution is 7.87. The average molecular weight is 581 g/mol.